The van der Waals surface area contributed by atoms with Crippen LogP contribution in [0, 0.1) is 0 Å². The summed E-state index contributed by atoms with van der Waals surface area (Å²) in [4.78, 5) is 14.4. The number of rotatable bonds is 6. The summed E-state index contributed by atoms with van der Waals surface area (Å²) >= 11 is 6.43. The van der Waals surface area contributed by atoms with Gasteiger partial charge in [0.2, 0.25) is 0 Å². The highest BCUT2D eigenvalue weighted by Crippen LogP contribution is 2.24. The van der Waals surface area contributed by atoms with E-state index in [1.165, 1.54) is 0 Å². The van der Waals surface area contributed by atoms with Crippen LogP contribution in [0.3, 0.4) is 0 Å². The van der Waals surface area contributed by atoms with E-state index >= 15 is 0 Å². The van der Waals surface area contributed by atoms with Crippen LogP contribution >= 0.6 is 11.6 Å². The predicted octanol–water partition coefficient (Wildman–Crippen LogP) is 3.09. The molecule has 1 aromatic heterocycles. The highest BCUT2D eigenvalue weighted by Gasteiger charge is 2.26. The Labute approximate surface area is 164 Å². The molecule has 27 heavy (non-hydrogen) atoms. The molecule has 1 amide bonds. The second-order valence-electron chi connectivity index (χ2n) is 7.34. The van der Waals surface area contributed by atoms with Gasteiger partial charge in [0.25, 0.3) is 5.91 Å². The van der Waals surface area contributed by atoms with Gasteiger partial charge in [0.05, 0.1) is 12.2 Å². The molecule has 1 saturated heterocycles. The van der Waals surface area contributed by atoms with Gasteiger partial charge in [-0.2, -0.15) is 0 Å². The Morgan fingerprint density at radius 3 is 2.63 bits per heavy atom. The summed E-state index contributed by atoms with van der Waals surface area (Å²) in [5.74, 6) is -0.112. The smallest absolute Gasteiger partial charge is 0.273 e. The predicted molar refractivity (Wildman–Crippen MR) is 105 cm³/mol. The molecule has 4 rings (SSSR count). The van der Waals surface area contributed by atoms with Crippen LogP contribution in [0.1, 0.15) is 47.8 Å². The summed E-state index contributed by atoms with van der Waals surface area (Å²) < 4.78 is 1.85. The average Bonchev–Trinajstić information content (AvgIpc) is 3.35. The molecule has 1 aliphatic heterocycles. The van der Waals surface area contributed by atoms with E-state index in [0.717, 1.165) is 55.9 Å². The van der Waals surface area contributed by atoms with Gasteiger partial charge >= 0.3 is 0 Å². The Kier molecular flexibility index (Phi) is 5.55. The number of likely N-dealkylation sites (tertiary alicyclic amines) is 1. The Balaban J connectivity index is 1.28. The second-order valence-corrected chi connectivity index (χ2v) is 7.83. The molecular weight excluding hydrogens is 362 g/mol. The molecule has 0 unspecified atom stereocenters. The molecule has 0 spiro atoms. The molecule has 6 nitrogen and oxygen atoms in total. The first-order valence-corrected chi connectivity index (χ1v) is 9.91. The molecule has 2 aliphatic rings. The Bertz CT molecular complexity index is 807. The first-order chi connectivity index (χ1) is 13.2. The molecule has 1 aliphatic carbocycles. The fourth-order valence-corrected chi connectivity index (χ4v) is 3.67. The summed E-state index contributed by atoms with van der Waals surface area (Å²) in [5, 5.41) is 12.0. The van der Waals surface area contributed by atoms with E-state index in [9.17, 15) is 4.79 Å². The van der Waals surface area contributed by atoms with Gasteiger partial charge in [-0.15, -0.1) is 5.10 Å². The molecule has 142 valence electrons. The van der Waals surface area contributed by atoms with Gasteiger partial charge in [-0.1, -0.05) is 47.1 Å². The van der Waals surface area contributed by atoms with Crippen molar-refractivity contribution in [1.82, 2.24) is 25.2 Å². The van der Waals surface area contributed by atoms with Gasteiger partial charge in [-0.25, -0.2) is 4.68 Å². The van der Waals surface area contributed by atoms with Crippen LogP contribution in [0.5, 0.6) is 0 Å². The zero-order chi connectivity index (χ0) is 18.6. The Morgan fingerprint density at radius 1 is 1.19 bits per heavy atom. The summed E-state index contributed by atoms with van der Waals surface area (Å²) in [6, 6.07) is 10.7. The zero-order valence-corrected chi connectivity index (χ0v) is 16.0. The van der Waals surface area contributed by atoms with Crippen molar-refractivity contribution in [3.05, 3.63) is 52.8 Å². The van der Waals surface area contributed by atoms with Crippen molar-refractivity contribution in [2.45, 2.75) is 37.8 Å². The largest absolute Gasteiger partial charge is 0.348 e. The number of benzene rings is 1. The molecule has 1 aromatic carbocycles. The standard InChI is InChI=1S/C20H24ClN5O/c21-16(12-15-4-2-1-3-5-15)13-25-10-8-18(9-11-25)26-14-19(23-24-26)20(27)22-17-6-7-17/h1-5,12,14,17-18H,6-11,13H2,(H,22,27). The van der Waals surface area contributed by atoms with Crippen LogP contribution in [0.25, 0.3) is 6.08 Å². The number of hydrogen-bond acceptors (Lipinski definition) is 4. The Hall–Kier alpha value is -2.18. The van der Waals surface area contributed by atoms with Crippen LogP contribution in [-0.2, 0) is 0 Å². The highest BCUT2D eigenvalue weighted by atomic mass is 35.5. The maximum atomic E-state index is 12.1. The lowest BCUT2D eigenvalue weighted by molar-refractivity contribution is 0.0946. The number of piperidine rings is 1. The van der Waals surface area contributed by atoms with Crippen molar-refractivity contribution < 1.29 is 4.79 Å². The molecule has 0 atom stereocenters. The number of nitrogens with one attached hydrogen (secondary N) is 1. The second kappa shape index (κ2) is 8.23. The Morgan fingerprint density at radius 2 is 1.93 bits per heavy atom. The third-order valence-electron chi connectivity index (χ3n) is 5.08. The third kappa shape index (κ3) is 4.96. The van der Waals surface area contributed by atoms with Gasteiger partial charge < -0.3 is 5.32 Å². The van der Waals surface area contributed by atoms with E-state index in [4.69, 9.17) is 11.6 Å². The van der Waals surface area contributed by atoms with E-state index in [-0.39, 0.29) is 11.9 Å². The van der Waals surface area contributed by atoms with E-state index in [0.29, 0.717) is 11.7 Å². The maximum absolute atomic E-state index is 12.1. The van der Waals surface area contributed by atoms with E-state index in [2.05, 4.69) is 32.7 Å². The first kappa shape index (κ1) is 18.2. The minimum absolute atomic E-state index is 0.112. The first-order valence-electron chi connectivity index (χ1n) is 9.53. The van der Waals surface area contributed by atoms with Crippen molar-refractivity contribution >= 4 is 23.6 Å². The minimum atomic E-state index is -0.112. The van der Waals surface area contributed by atoms with Crippen molar-refractivity contribution in [2.24, 2.45) is 0 Å². The fourth-order valence-electron chi connectivity index (χ4n) is 3.38. The topological polar surface area (TPSA) is 63.1 Å². The van der Waals surface area contributed by atoms with E-state index in [1.54, 1.807) is 6.20 Å². The van der Waals surface area contributed by atoms with Gasteiger partial charge in [0.15, 0.2) is 5.69 Å². The van der Waals surface area contributed by atoms with Gasteiger partial charge in [-0.05, 0) is 37.3 Å². The highest BCUT2D eigenvalue weighted by molar-refractivity contribution is 6.31. The van der Waals surface area contributed by atoms with Gasteiger partial charge in [0.1, 0.15) is 0 Å². The van der Waals surface area contributed by atoms with Crippen LogP contribution in [0.4, 0.5) is 0 Å². The molecule has 2 aromatic rings. The van der Waals surface area contributed by atoms with Crippen LogP contribution in [-0.4, -0.2) is 51.5 Å². The number of amides is 1. The number of halogens is 1. The summed E-state index contributed by atoms with van der Waals surface area (Å²) in [6.45, 7) is 2.66. The average molecular weight is 386 g/mol. The zero-order valence-electron chi connectivity index (χ0n) is 15.2. The monoisotopic (exact) mass is 385 g/mol. The summed E-state index contributed by atoms with van der Waals surface area (Å²) in [5.41, 5.74) is 1.54. The lowest BCUT2D eigenvalue weighted by Crippen LogP contribution is -2.35. The van der Waals surface area contributed by atoms with Crippen LogP contribution in [0.15, 0.2) is 41.6 Å². The van der Waals surface area contributed by atoms with Crippen molar-refractivity contribution in [3.8, 4) is 0 Å². The normalized spacial score (nSPS) is 19.2. The fraction of sp³-hybridized carbons (Fsp3) is 0.450. The number of aromatic nitrogens is 3. The van der Waals surface area contributed by atoms with Gasteiger partial charge in [0, 0.05) is 30.7 Å². The number of hydrogen-bond donors (Lipinski definition) is 1. The molecule has 1 saturated carbocycles. The van der Waals surface area contributed by atoms with E-state index < -0.39 is 0 Å². The lowest BCUT2D eigenvalue weighted by atomic mass is 10.1. The van der Waals surface area contributed by atoms with Gasteiger partial charge in [-0.3, -0.25) is 9.69 Å². The third-order valence-corrected chi connectivity index (χ3v) is 5.31. The van der Waals surface area contributed by atoms with Crippen molar-refractivity contribution in [3.63, 3.8) is 0 Å². The minimum Gasteiger partial charge on any atom is -0.348 e. The maximum Gasteiger partial charge on any atom is 0.273 e. The van der Waals surface area contributed by atoms with Crippen LogP contribution < -0.4 is 5.32 Å². The number of carbonyl (C=O) groups excluding carboxylic acids is 1. The summed E-state index contributed by atoms with van der Waals surface area (Å²) in [6.07, 6.45) is 7.89. The van der Waals surface area contributed by atoms with E-state index in [1.807, 2.05) is 29.0 Å². The summed E-state index contributed by atoms with van der Waals surface area (Å²) in [7, 11) is 0. The SMILES string of the molecule is O=C(NC1CC1)c1cn(C2CCN(CC(Cl)=Cc3ccccc3)CC2)nn1. The number of carbonyl (C=O) groups is 1. The quantitative estimate of drug-likeness (QED) is 0.830. The molecule has 0 bridgehead atoms. The molecule has 0 radical (unpaired) electrons. The lowest BCUT2D eigenvalue weighted by Gasteiger charge is -2.31. The van der Waals surface area contributed by atoms with Crippen molar-refractivity contribution in [1.29, 1.82) is 0 Å². The molecule has 1 N–H and O–H groups in total. The van der Waals surface area contributed by atoms with Crippen molar-refractivity contribution in [2.75, 3.05) is 19.6 Å². The van der Waals surface area contributed by atoms with Crippen LogP contribution in [0.2, 0.25) is 0 Å². The molecule has 2 fully saturated rings. The number of nitrogens with zero attached hydrogens (tertiary/aromatic N) is 4. The molecular formula is C20H24ClN5O. The molecule has 2 heterocycles. The molecule has 7 heteroatoms.